The van der Waals surface area contributed by atoms with Crippen LogP contribution in [0.1, 0.15) is 30.9 Å². The van der Waals surface area contributed by atoms with Gasteiger partial charge in [-0.25, -0.2) is 9.98 Å². The second-order valence-corrected chi connectivity index (χ2v) is 6.10. The first-order valence-electron chi connectivity index (χ1n) is 8.60. The monoisotopic (exact) mass is 323 g/mol. The van der Waals surface area contributed by atoms with Crippen molar-refractivity contribution in [3.8, 4) is 0 Å². The van der Waals surface area contributed by atoms with Crippen molar-refractivity contribution >= 4 is 17.5 Å². The number of aromatic nitrogens is 1. The quantitative estimate of drug-likeness (QED) is 0.655. The number of hydrogen-bond donors (Lipinski definition) is 2. The van der Waals surface area contributed by atoms with Gasteiger partial charge < -0.3 is 16.0 Å². The van der Waals surface area contributed by atoms with Gasteiger partial charge >= 0.3 is 0 Å². The second-order valence-electron chi connectivity index (χ2n) is 6.10. The molecular weight excluding hydrogens is 298 g/mol. The summed E-state index contributed by atoms with van der Waals surface area (Å²) in [6, 6.07) is 12.3. The normalized spacial score (nSPS) is 14.9. The molecule has 0 bridgehead atoms. The Hall–Kier alpha value is -2.56. The van der Waals surface area contributed by atoms with Gasteiger partial charge in [0, 0.05) is 25.0 Å². The third-order valence-electron chi connectivity index (χ3n) is 4.28. The Balaban J connectivity index is 1.63. The molecule has 5 heteroatoms. The predicted octanol–water partition coefficient (Wildman–Crippen LogP) is 3.17. The fraction of sp³-hybridized carbons (Fsp3) is 0.368. The van der Waals surface area contributed by atoms with Gasteiger partial charge in [-0.2, -0.15) is 0 Å². The molecule has 0 aliphatic carbocycles. The van der Waals surface area contributed by atoms with Crippen LogP contribution in [0, 0.1) is 0 Å². The van der Waals surface area contributed by atoms with Crippen LogP contribution in [-0.2, 0) is 13.0 Å². The SMILES string of the molecule is CCc1cccc(NC(N)=NCc2ccnc(N3CCCC3)c2)c1. The minimum atomic E-state index is 0.433. The van der Waals surface area contributed by atoms with E-state index < -0.39 is 0 Å². The Morgan fingerprint density at radius 3 is 2.83 bits per heavy atom. The first kappa shape index (κ1) is 16.3. The van der Waals surface area contributed by atoms with Crippen LogP contribution < -0.4 is 16.0 Å². The number of hydrogen-bond acceptors (Lipinski definition) is 3. The Bertz CT molecular complexity index is 704. The molecule has 0 atom stereocenters. The number of anilines is 2. The number of nitrogens with two attached hydrogens (primary N) is 1. The van der Waals surface area contributed by atoms with Gasteiger partial charge in [-0.05, 0) is 54.7 Å². The lowest BCUT2D eigenvalue weighted by atomic mass is 10.1. The molecule has 1 aromatic carbocycles. The van der Waals surface area contributed by atoms with Gasteiger partial charge in [0.25, 0.3) is 0 Å². The smallest absolute Gasteiger partial charge is 0.193 e. The summed E-state index contributed by atoms with van der Waals surface area (Å²) >= 11 is 0. The standard InChI is InChI=1S/C19H25N5/c1-2-15-6-5-7-17(12-15)23-19(20)22-14-16-8-9-21-18(13-16)24-10-3-4-11-24/h5-9,12-13H,2-4,10-11,14H2,1H3,(H3,20,22,23). The third-order valence-corrected chi connectivity index (χ3v) is 4.28. The number of benzene rings is 1. The number of aryl methyl sites for hydroxylation is 1. The van der Waals surface area contributed by atoms with E-state index in [2.05, 4.69) is 45.3 Å². The van der Waals surface area contributed by atoms with Crippen molar-refractivity contribution in [2.75, 3.05) is 23.3 Å². The summed E-state index contributed by atoms with van der Waals surface area (Å²) in [6.07, 6.45) is 5.35. The highest BCUT2D eigenvalue weighted by Crippen LogP contribution is 2.19. The van der Waals surface area contributed by atoms with Crippen LogP contribution >= 0.6 is 0 Å². The zero-order valence-electron chi connectivity index (χ0n) is 14.2. The highest BCUT2D eigenvalue weighted by atomic mass is 15.2. The van der Waals surface area contributed by atoms with E-state index in [4.69, 9.17) is 5.73 Å². The van der Waals surface area contributed by atoms with Crippen LogP contribution in [0.2, 0.25) is 0 Å². The van der Waals surface area contributed by atoms with E-state index in [1.807, 2.05) is 24.4 Å². The van der Waals surface area contributed by atoms with Crippen LogP contribution in [0.3, 0.4) is 0 Å². The maximum absolute atomic E-state index is 6.02. The van der Waals surface area contributed by atoms with Gasteiger partial charge in [0.15, 0.2) is 5.96 Å². The van der Waals surface area contributed by atoms with Crippen molar-refractivity contribution in [2.45, 2.75) is 32.7 Å². The third kappa shape index (κ3) is 4.25. The van der Waals surface area contributed by atoms with Crippen molar-refractivity contribution in [3.63, 3.8) is 0 Å². The fourth-order valence-corrected chi connectivity index (χ4v) is 2.91. The molecule has 0 unspecified atom stereocenters. The van der Waals surface area contributed by atoms with Crippen LogP contribution in [0.4, 0.5) is 11.5 Å². The first-order chi connectivity index (χ1) is 11.7. The summed E-state index contributed by atoms with van der Waals surface area (Å²) in [7, 11) is 0. The molecule has 0 amide bonds. The lowest BCUT2D eigenvalue weighted by Gasteiger charge is -2.16. The van der Waals surface area contributed by atoms with Crippen LogP contribution in [-0.4, -0.2) is 24.0 Å². The van der Waals surface area contributed by atoms with Gasteiger partial charge in [0.2, 0.25) is 0 Å². The predicted molar refractivity (Wildman–Crippen MR) is 100 cm³/mol. The molecule has 1 aliphatic heterocycles. The van der Waals surface area contributed by atoms with E-state index in [-0.39, 0.29) is 0 Å². The molecule has 3 N–H and O–H groups in total. The Morgan fingerprint density at radius 2 is 2.04 bits per heavy atom. The molecule has 24 heavy (non-hydrogen) atoms. The van der Waals surface area contributed by atoms with Gasteiger partial charge in [0.1, 0.15) is 5.82 Å². The molecule has 1 fully saturated rings. The van der Waals surface area contributed by atoms with Crippen molar-refractivity contribution in [2.24, 2.45) is 10.7 Å². The van der Waals surface area contributed by atoms with E-state index in [1.165, 1.54) is 18.4 Å². The number of aliphatic imine (C=N–C) groups is 1. The van der Waals surface area contributed by atoms with E-state index in [0.717, 1.165) is 36.6 Å². The molecule has 1 saturated heterocycles. The average Bonchev–Trinajstić information content (AvgIpc) is 3.15. The summed E-state index contributed by atoms with van der Waals surface area (Å²) in [5.74, 6) is 1.48. The molecule has 1 aromatic heterocycles. The molecular formula is C19H25N5. The number of pyridine rings is 1. The van der Waals surface area contributed by atoms with E-state index in [9.17, 15) is 0 Å². The minimum Gasteiger partial charge on any atom is -0.370 e. The highest BCUT2D eigenvalue weighted by molar-refractivity contribution is 5.92. The Labute approximate surface area is 143 Å². The number of guanidine groups is 1. The minimum absolute atomic E-state index is 0.433. The van der Waals surface area contributed by atoms with E-state index >= 15 is 0 Å². The lowest BCUT2D eigenvalue weighted by Crippen LogP contribution is -2.22. The molecule has 3 rings (SSSR count). The van der Waals surface area contributed by atoms with Crippen molar-refractivity contribution in [1.29, 1.82) is 0 Å². The van der Waals surface area contributed by atoms with Crippen molar-refractivity contribution in [3.05, 3.63) is 53.7 Å². The topological polar surface area (TPSA) is 66.5 Å². The summed E-state index contributed by atoms with van der Waals surface area (Å²) in [5.41, 5.74) is 9.39. The average molecular weight is 323 g/mol. The molecule has 0 saturated carbocycles. The maximum atomic E-state index is 6.02. The molecule has 5 nitrogen and oxygen atoms in total. The summed E-state index contributed by atoms with van der Waals surface area (Å²) in [6.45, 7) is 4.88. The van der Waals surface area contributed by atoms with Gasteiger partial charge in [-0.3, -0.25) is 0 Å². The molecule has 2 aromatic rings. The molecule has 2 heterocycles. The zero-order valence-corrected chi connectivity index (χ0v) is 14.2. The van der Waals surface area contributed by atoms with Crippen LogP contribution in [0.15, 0.2) is 47.6 Å². The molecule has 1 aliphatic rings. The lowest BCUT2D eigenvalue weighted by molar-refractivity contribution is 0.928. The van der Waals surface area contributed by atoms with Crippen molar-refractivity contribution in [1.82, 2.24) is 4.98 Å². The molecule has 126 valence electrons. The largest absolute Gasteiger partial charge is 0.370 e. The zero-order chi connectivity index (χ0) is 16.8. The Morgan fingerprint density at radius 1 is 1.21 bits per heavy atom. The van der Waals surface area contributed by atoms with Crippen molar-refractivity contribution < 1.29 is 0 Å². The fourth-order valence-electron chi connectivity index (χ4n) is 2.91. The Kier molecular flexibility index (Phi) is 5.31. The highest BCUT2D eigenvalue weighted by Gasteiger charge is 2.13. The second kappa shape index (κ2) is 7.81. The molecule has 0 radical (unpaired) electrons. The van der Waals surface area contributed by atoms with E-state index in [0.29, 0.717) is 12.5 Å². The number of nitrogens with one attached hydrogen (secondary N) is 1. The van der Waals surface area contributed by atoms with Gasteiger partial charge in [0.05, 0.1) is 6.54 Å². The van der Waals surface area contributed by atoms with Crippen LogP contribution in [0.25, 0.3) is 0 Å². The first-order valence-corrected chi connectivity index (χ1v) is 8.60. The van der Waals surface area contributed by atoms with Crippen LogP contribution in [0.5, 0.6) is 0 Å². The maximum Gasteiger partial charge on any atom is 0.193 e. The van der Waals surface area contributed by atoms with Gasteiger partial charge in [-0.1, -0.05) is 19.1 Å². The summed E-state index contributed by atoms with van der Waals surface area (Å²) in [5, 5.41) is 3.16. The summed E-state index contributed by atoms with van der Waals surface area (Å²) < 4.78 is 0. The molecule has 0 spiro atoms. The number of nitrogens with zero attached hydrogens (tertiary/aromatic N) is 3. The van der Waals surface area contributed by atoms with Gasteiger partial charge in [-0.15, -0.1) is 0 Å². The summed E-state index contributed by atoms with van der Waals surface area (Å²) in [4.78, 5) is 11.2. The number of rotatable bonds is 5. The van der Waals surface area contributed by atoms with E-state index in [1.54, 1.807) is 0 Å².